The first-order chi connectivity index (χ1) is 8.31. The Morgan fingerprint density at radius 1 is 1.17 bits per heavy atom. The van der Waals surface area contributed by atoms with Crippen LogP contribution in [0.5, 0.6) is 0 Å². The van der Waals surface area contributed by atoms with Gasteiger partial charge in [-0.15, -0.1) is 0 Å². The van der Waals surface area contributed by atoms with E-state index in [-0.39, 0.29) is 0 Å². The average Bonchev–Trinajstić information content (AvgIpc) is 3.28. The maximum atomic E-state index is 9.11. The molecule has 3 nitrogen and oxygen atoms in total. The van der Waals surface area contributed by atoms with Crippen LogP contribution in [0.3, 0.4) is 0 Å². The van der Waals surface area contributed by atoms with E-state index >= 15 is 0 Å². The van der Waals surface area contributed by atoms with E-state index in [4.69, 9.17) is 15.7 Å². The molecule has 96 valence electrons. The van der Waals surface area contributed by atoms with Gasteiger partial charge in [-0.2, -0.15) is 0 Å². The molecule has 1 spiro atoms. The number of nitrogens with two attached hydrogens (primary N) is 1. The summed E-state index contributed by atoms with van der Waals surface area (Å²) in [5.41, 5.74) is 5.24. The van der Waals surface area contributed by atoms with E-state index in [9.17, 15) is 0 Å². The molecule has 4 heteroatoms. The Morgan fingerprint density at radius 3 is 1.94 bits per heavy atom. The molecule has 0 radical (unpaired) electrons. The van der Waals surface area contributed by atoms with E-state index in [0.29, 0.717) is 11.1 Å². The van der Waals surface area contributed by atoms with Crippen LogP contribution < -0.4 is 5.73 Å². The Morgan fingerprint density at radius 2 is 1.67 bits per heavy atom. The normalized spacial score (nSPS) is 116. The number of nitrogens with zero attached hydrogens (tertiary/aromatic N) is 1. The van der Waals surface area contributed by atoms with E-state index in [2.05, 4.69) is 6.07 Å². The van der Waals surface area contributed by atoms with Crippen LogP contribution in [0.4, 0.5) is 0 Å². The summed E-state index contributed by atoms with van der Waals surface area (Å²) < 4.78 is 7.09. The van der Waals surface area contributed by atoms with Crippen LogP contribution in [-0.4, -0.2) is 16.6 Å². The van der Waals surface area contributed by atoms with Gasteiger partial charge in [0.1, 0.15) is 0 Å². The molecule has 10 fully saturated rings. The summed E-state index contributed by atoms with van der Waals surface area (Å²) in [7, 11) is 0. The fraction of sp³-hybridized carbons (Fsp3) is 0.929. The number of fused-ring (bicyclic) bond motifs is 10. The molecule has 18 heavy (non-hydrogen) atoms. The molecular weight excluding hydrogens is 268 g/mol. The first kappa shape index (κ1) is 7.09. The van der Waals surface area contributed by atoms with Gasteiger partial charge < -0.3 is 0 Å². The molecule has 2 N–H and O–H groups in total. The Labute approximate surface area is 95.3 Å². The molecule has 0 aromatic carbocycles. The maximum absolute atomic E-state index is 9.11. The van der Waals surface area contributed by atoms with Crippen molar-refractivity contribution in [2.75, 3.05) is 6.61 Å². The van der Waals surface area contributed by atoms with Gasteiger partial charge in [0.05, 0.1) is 0 Å². The van der Waals surface area contributed by atoms with E-state index in [1.807, 2.05) is 6.92 Å². The van der Waals surface area contributed by atoms with Crippen molar-refractivity contribution in [3.63, 3.8) is 0 Å². The number of nitriles is 1. The average molecular weight is 284 g/mol. The second-order valence-electron chi connectivity index (χ2n) is 11.4. The molecule has 10 heterocycles. The summed E-state index contributed by atoms with van der Waals surface area (Å²) in [5, 5.41) is 9.11. The molecule has 0 aliphatic carbocycles. The van der Waals surface area contributed by atoms with Crippen molar-refractivity contribution in [3.05, 3.63) is 0 Å². The first-order valence-electron chi connectivity index (χ1n) is 7.37. The standard InChI is InChI=1S/C9H11N2O.C5H5.Fe/c1-9(11,6-10)7-12-8-4-2-3-5-8;1-2-4-5-3-1;/h2-5H,7,11H2,1H3;1-5H;. The molecule has 0 saturated carbocycles. The Kier molecular flexibility index (Phi) is 0.224. The van der Waals surface area contributed by atoms with Gasteiger partial charge in [-0.1, -0.05) is 0 Å². The molecule has 10 rings (SSSR count). The van der Waals surface area contributed by atoms with Crippen LogP contribution in [-0.2, 0) is 11.2 Å². The van der Waals surface area contributed by atoms with E-state index in [1.165, 1.54) is 33.7 Å². The molecule has 10 aliphatic rings. The van der Waals surface area contributed by atoms with E-state index in [0.717, 1.165) is 9.63 Å². The SMILES string of the molecule is CC(N)(C#N)CO[C]12[CH]3[CH]4[CH]5[CH]1[Fe]45321678[CH]2[CH]1[CH]6[CH]7[CH]28. The van der Waals surface area contributed by atoms with Crippen LogP contribution >= 0.6 is 0 Å². The molecule has 0 bridgehead atoms. The molecule has 10 aliphatic heterocycles. The second kappa shape index (κ2) is 0.568. The zero-order valence-corrected chi connectivity index (χ0v) is 11.3. The van der Waals surface area contributed by atoms with Gasteiger partial charge in [0.15, 0.2) is 0 Å². The van der Waals surface area contributed by atoms with Crippen molar-refractivity contribution < 1.29 is 11.2 Å². The number of ether oxygens (including phenoxy) is 1. The van der Waals surface area contributed by atoms with Gasteiger partial charge in [0.2, 0.25) is 0 Å². The number of hydrogen-bond donors (Lipinski definition) is 1. The van der Waals surface area contributed by atoms with Crippen LogP contribution in [0.1, 0.15) is 6.92 Å². The molecule has 0 amide bonds. The molecule has 0 aromatic heterocycles. The van der Waals surface area contributed by atoms with Crippen LogP contribution in [0, 0.1) is 11.3 Å². The van der Waals surface area contributed by atoms with Gasteiger partial charge in [0.25, 0.3) is 0 Å². The first-order valence-corrected chi connectivity index (χ1v) is 13.7. The molecule has 10 saturated heterocycles. The zero-order valence-electron chi connectivity index (χ0n) is 10.2. The minimum atomic E-state index is -3.06. The summed E-state index contributed by atoms with van der Waals surface area (Å²) in [6, 6.07) is 2.22. The number of hydrogen-bond acceptors (Lipinski definition) is 3. The van der Waals surface area contributed by atoms with Gasteiger partial charge in [-0.05, 0) is 0 Å². The third-order valence-electron chi connectivity index (χ3n) is 15.4. The van der Waals surface area contributed by atoms with Crippen molar-refractivity contribution in [2.45, 2.75) is 60.3 Å². The predicted molar refractivity (Wildman–Crippen MR) is 60.6 cm³/mol. The van der Waals surface area contributed by atoms with E-state index < -0.39 is 12.0 Å². The summed E-state index contributed by atoms with van der Waals surface area (Å²) in [6.45, 7) is -0.720. The Bertz CT molecular complexity index is 971. The van der Waals surface area contributed by atoms with Crippen molar-refractivity contribution in [2.24, 2.45) is 5.73 Å². The summed E-state index contributed by atoms with van der Waals surface area (Å²) >= 11 is 0. The van der Waals surface area contributed by atoms with Crippen LogP contribution in [0.2, 0.25) is 43.3 Å². The minimum absolute atomic E-state index is 0.469. The Hall–Kier alpha value is -0.0705. The fourth-order valence-electron chi connectivity index (χ4n) is 16.6. The monoisotopic (exact) mass is 284 g/mol. The van der Waals surface area contributed by atoms with Gasteiger partial charge in [0, 0.05) is 0 Å². The van der Waals surface area contributed by atoms with E-state index in [1.54, 1.807) is 0 Å². The van der Waals surface area contributed by atoms with Gasteiger partial charge >= 0.3 is 95.2 Å². The third kappa shape index (κ3) is 0.0714. The van der Waals surface area contributed by atoms with Crippen molar-refractivity contribution >= 4 is 0 Å². The summed E-state index contributed by atoms with van der Waals surface area (Å²) in [5.74, 6) is 0. The third-order valence-corrected chi connectivity index (χ3v) is 57.3. The second-order valence-corrected chi connectivity index (χ2v) is 34.9. The predicted octanol–water partition coefficient (Wildman–Crippen LogP) is 2.54. The Balaban J connectivity index is 1.35. The van der Waals surface area contributed by atoms with Crippen molar-refractivity contribution in [1.29, 1.82) is 5.26 Å². The zero-order chi connectivity index (χ0) is 11.6. The molecule has 0 aromatic rings. The molecule has 5 atom stereocenters. The van der Waals surface area contributed by atoms with Crippen molar-refractivity contribution in [1.82, 2.24) is 0 Å². The van der Waals surface area contributed by atoms with Gasteiger partial charge in [-0.3, -0.25) is 0 Å². The van der Waals surface area contributed by atoms with Crippen LogP contribution in [0.15, 0.2) is 0 Å². The van der Waals surface area contributed by atoms with Crippen molar-refractivity contribution in [3.8, 4) is 6.07 Å². The summed E-state index contributed by atoms with van der Waals surface area (Å²) in [6.07, 6.45) is 0. The summed E-state index contributed by atoms with van der Waals surface area (Å²) in [4.78, 5) is 11.4. The number of rotatable bonds is 3. The quantitative estimate of drug-likeness (QED) is 0.810. The van der Waals surface area contributed by atoms with Gasteiger partial charge in [-0.25, -0.2) is 0 Å². The topological polar surface area (TPSA) is 59.0 Å². The fourth-order valence-corrected chi connectivity index (χ4v) is 89.2. The molecule has 5 unspecified atom stereocenters. The molecular formula is C14H16FeN2O. The van der Waals surface area contributed by atoms with Crippen LogP contribution in [0.25, 0.3) is 0 Å².